The Hall–Kier alpha value is -2.18. The van der Waals surface area contributed by atoms with Crippen molar-refractivity contribution in [1.82, 2.24) is 20.0 Å². The number of carbonyl (C=O) groups is 1. The zero-order chi connectivity index (χ0) is 20.2. The van der Waals surface area contributed by atoms with Gasteiger partial charge in [-0.25, -0.2) is 0 Å². The first kappa shape index (κ1) is 20.1. The summed E-state index contributed by atoms with van der Waals surface area (Å²) < 4.78 is 6.14. The average molecular weight is 397 g/mol. The highest BCUT2D eigenvalue weighted by atomic mass is 16.5. The molecule has 2 aromatic rings. The largest absolute Gasteiger partial charge is 0.373 e. The molecular formula is C23H32N4O2. The lowest BCUT2D eigenvalue weighted by Crippen LogP contribution is -2.51. The minimum atomic E-state index is -0.103. The highest BCUT2D eigenvalue weighted by molar-refractivity contribution is 5.95. The van der Waals surface area contributed by atoms with Gasteiger partial charge in [0.1, 0.15) is 0 Å². The number of hydrogen-bond acceptors (Lipinski definition) is 4. The zero-order valence-electron chi connectivity index (χ0n) is 17.5. The van der Waals surface area contributed by atoms with Gasteiger partial charge in [0.2, 0.25) is 0 Å². The van der Waals surface area contributed by atoms with Crippen LogP contribution in [0.4, 0.5) is 0 Å². The van der Waals surface area contributed by atoms with Gasteiger partial charge in [-0.2, -0.15) is 5.10 Å². The van der Waals surface area contributed by atoms with Crippen LogP contribution >= 0.6 is 0 Å². The molecule has 2 aliphatic rings. The van der Waals surface area contributed by atoms with Gasteiger partial charge in [0, 0.05) is 19.0 Å². The predicted octanol–water partition coefficient (Wildman–Crippen LogP) is 3.60. The molecule has 2 atom stereocenters. The summed E-state index contributed by atoms with van der Waals surface area (Å²) in [5.41, 5.74) is 2.88. The summed E-state index contributed by atoms with van der Waals surface area (Å²) in [5, 5.41) is 7.42. The summed E-state index contributed by atoms with van der Waals surface area (Å²) in [4.78, 5) is 17.9. The number of ether oxygens (including phenoxy) is 1. The Kier molecular flexibility index (Phi) is 6.31. The summed E-state index contributed by atoms with van der Waals surface area (Å²) in [7, 11) is 4.09. The average Bonchev–Trinajstić information content (AvgIpc) is 3.24. The number of morpholine rings is 1. The van der Waals surface area contributed by atoms with Crippen LogP contribution in [0.15, 0.2) is 36.5 Å². The van der Waals surface area contributed by atoms with Crippen molar-refractivity contribution in [2.75, 3.05) is 33.8 Å². The van der Waals surface area contributed by atoms with E-state index in [1.165, 1.54) is 19.3 Å². The van der Waals surface area contributed by atoms with Crippen molar-refractivity contribution in [3.63, 3.8) is 0 Å². The van der Waals surface area contributed by atoms with Crippen molar-refractivity contribution < 1.29 is 9.53 Å². The molecule has 0 unspecified atom stereocenters. The first-order valence-electron chi connectivity index (χ1n) is 10.8. The molecule has 6 heteroatoms. The van der Waals surface area contributed by atoms with Crippen LogP contribution in [0.5, 0.6) is 0 Å². The number of nitrogens with one attached hydrogen (secondary N) is 1. The van der Waals surface area contributed by atoms with Gasteiger partial charge in [-0.3, -0.25) is 9.89 Å². The Morgan fingerprint density at radius 1 is 1.21 bits per heavy atom. The molecular weight excluding hydrogens is 364 g/mol. The van der Waals surface area contributed by atoms with Crippen LogP contribution < -0.4 is 0 Å². The Balaban J connectivity index is 1.65. The topological polar surface area (TPSA) is 61.5 Å². The molecule has 29 heavy (non-hydrogen) atoms. The van der Waals surface area contributed by atoms with E-state index in [1.807, 2.05) is 37.2 Å². The highest BCUT2D eigenvalue weighted by Crippen LogP contribution is 2.36. The maximum absolute atomic E-state index is 13.7. The van der Waals surface area contributed by atoms with Gasteiger partial charge in [0.05, 0.1) is 36.2 Å². The molecule has 2 heterocycles. The molecule has 1 amide bonds. The summed E-state index contributed by atoms with van der Waals surface area (Å²) in [6.45, 7) is 1.92. The maximum atomic E-state index is 13.7. The summed E-state index contributed by atoms with van der Waals surface area (Å²) in [6, 6.07) is 10.2. The van der Waals surface area contributed by atoms with E-state index >= 15 is 0 Å². The second kappa shape index (κ2) is 9.09. The van der Waals surface area contributed by atoms with Crippen LogP contribution in [0, 0.1) is 0 Å². The lowest BCUT2D eigenvalue weighted by molar-refractivity contribution is -0.0685. The molecule has 1 aromatic carbocycles. The molecule has 1 aromatic heterocycles. The fraction of sp³-hybridized carbons (Fsp3) is 0.565. The number of benzene rings is 1. The Morgan fingerprint density at radius 2 is 1.97 bits per heavy atom. The van der Waals surface area contributed by atoms with E-state index in [1.54, 1.807) is 6.20 Å². The molecule has 0 radical (unpaired) electrons. The Bertz CT molecular complexity index is 798. The minimum Gasteiger partial charge on any atom is -0.373 e. The van der Waals surface area contributed by atoms with Crippen LogP contribution in [0.3, 0.4) is 0 Å². The number of carbonyl (C=O) groups excluding carboxylic acids is 1. The normalized spacial score (nSPS) is 23.5. The number of aromatic amines is 1. The molecule has 1 saturated carbocycles. The Labute approximate surface area is 173 Å². The van der Waals surface area contributed by atoms with E-state index in [4.69, 9.17) is 4.74 Å². The van der Waals surface area contributed by atoms with Crippen molar-refractivity contribution in [2.24, 2.45) is 0 Å². The fourth-order valence-corrected chi connectivity index (χ4v) is 4.84. The van der Waals surface area contributed by atoms with Gasteiger partial charge in [-0.1, -0.05) is 49.6 Å². The van der Waals surface area contributed by atoms with Gasteiger partial charge < -0.3 is 14.5 Å². The maximum Gasteiger partial charge on any atom is 0.258 e. The molecule has 1 N–H and O–H groups in total. The van der Waals surface area contributed by atoms with Gasteiger partial charge in [0.25, 0.3) is 5.91 Å². The number of rotatable bonds is 5. The zero-order valence-corrected chi connectivity index (χ0v) is 17.5. The van der Waals surface area contributed by atoms with E-state index in [9.17, 15) is 4.79 Å². The Morgan fingerprint density at radius 3 is 2.69 bits per heavy atom. The lowest BCUT2D eigenvalue weighted by atomic mass is 9.85. The highest BCUT2D eigenvalue weighted by Gasteiger charge is 2.38. The molecule has 1 aliphatic carbocycles. The molecule has 0 spiro atoms. The molecule has 156 valence electrons. The lowest BCUT2D eigenvalue weighted by Gasteiger charge is -2.42. The number of nitrogens with zero attached hydrogens (tertiary/aromatic N) is 3. The molecule has 1 saturated heterocycles. The molecule has 2 fully saturated rings. The standard InChI is InChI=1S/C23H32N4O2/c1-26(2)16-20-22(18-11-7-4-8-12-18)27(13-14-29-20)23(28)19-15-24-25-21(19)17-9-5-3-6-10-17/h4,7-8,11-12,15,17,20,22H,3,5-6,9-10,13-14,16H2,1-2H3,(H,24,25)/t20-,22-/m0/s1. The third-order valence-corrected chi connectivity index (χ3v) is 6.21. The van der Waals surface area contributed by atoms with Gasteiger partial charge >= 0.3 is 0 Å². The van der Waals surface area contributed by atoms with Crippen LogP contribution in [0.2, 0.25) is 0 Å². The number of amides is 1. The van der Waals surface area contributed by atoms with Crippen LogP contribution in [-0.4, -0.2) is 65.8 Å². The van der Waals surface area contributed by atoms with Crippen LogP contribution in [0.25, 0.3) is 0 Å². The van der Waals surface area contributed by atoms with E-state index in [2.05, 4.69) is 27.2 Å². The number of H-pyrrole nitrogens is 1. The number of aromatic nitrogens is 2. The SMILES string of the molecule is CN(C)C[C@@H]1OCCN(C(=O)c2cn[nH]c2C2CCCCC2)[C@H]1c1ccccc1. The van der Waals surface area contributed by atoms with Crippen molar-refractivity contribution in [3.8, 4) is 0 Å². The van der Waals surface area contributed by atoms with E-state index in [0.717, 1.165) is 36.2 Å². The second-order valence-corrected chi connectivity index (χ2v) is 8.56. The van der Waals surface area contributed by atoms with Gasteiger partial charge in [-0.15, -0.1) is 0 Å². The fourth-order valence-electron chi connectivity index (χ4n) is 4.84. The first-order chi connectivity index (χ1) is 14.1. The quantitative estimate of drug-likeness (QED) is 0.839. The summed E-state index contributed by atoms with van der Waals surface area (Å²) >= 11 is 0. The van der Waals surface area contributed by atoms with Crippen LogP contribution in [-0.2, 0) is 4.74 Å². The van der Waals surface area contributed by atoms with E-state index in [0.29, 0.717) is 19.1 Å². The first-order valence-corrected chi connectivity index (χ1v) is 10.8. The molecule has 4 rings (SSSR count). The van der Waals surface area contributed by atoms with Crippen molar-refractivity contribution in [1.29, 1.82) is 0 Å². The second-order valence-electron chi connectivity index (χ2n) is 8.56. The van der Waals surface area contributed by atoms with Crippen LogP contribution in [0.1, 0.15) is 65.7 Å². The molecule has 1 aliphatic heterocycles. The van der Waals surface area contributed by atoms with E-state index in [-0.39, 0.29) is 18.1 Å². The smallest absolute Gasteiger partial charge is 0.258 e. The van der Waals surface area contributed by atoms with Gasteiger partial charge in [0.15, 0.2) is 0 Å². The third kappa shape index (κ3) is 4.38. The number of hydrogen-bond donors (Lipinski definition) is 1. The number of likely N-dealkylation sites (N-methyl/N-ethyl adjacent to an activating group) is 1. The summed E-state index contributed by atoms with van der Waals surface area (Å²) in [6.07, 6.45) is 7.69. The predicted molar refractivity (Wildman–Crippen MR) is 113 cm³/mol. The van der Waals surface area contributed by atoms with Crippen molar-refractivity contribution in [3.05, 3.63) is 53.3 Å². The van der Waals surface area contributed by atoms with Crippen molar-refractivity contribution in [2.45, 2.75) is 50.2 Å². The third-order valence-electron chi connectivity index (χ3n) is 6.21. The minimum absolute atomic E-state index is 0.0601. The molecule has 0 bridgehead atoms. The summed E-state index contributed by atoms with van der Waals surface area (Å²) in [5.74, 6) is 0.485. The van der Waals surface area contributed by atoms with Crippen molar-refractivity contribution >= 4 is 5.91 Å². The van der Waals surface area contributed by atoms with Gasteiger partial charge in [-0.05, 0) is 32.5 Å². The van der Waals surface area contributed by atoms with E-state index < -0.39 is 0 Å². The molecule has 6 nitrogen and oxygen atoms in total. The monoisotopic (exact) mass is 396 g/mol.